The second-order valence-corrected chi connectivity index (χ2v) is 8.48. The fraction of sp³-hybridized carbons (Fsp3) is 0.737. The van der Waals surface area contributed by atoms with Crippen LogP contribution >= 0.6 is 23.7 Å². The molecular formula is C19H31ClN2O2S. The van der Waals surface area contributed by atoms with Crippen LogP contribution in [0.15, 0.2) is 6.07 Å². The summed E-state index contributed by atoms with van der Waals surface area (Å²) in [6.45, 7) is 3.44. The molecule has 0 spiro atoms. The quantitative estimate of drug-likeness (QED) is 0.813. The van der Waals surface area contributed by atoms with Crippen LogP contribution in [0.5, 0.6) is 0 Å². The van der Waals surface area contributed by atoms with Gasteiger partial charge in [0.15, 0.2) is 0 Å². The molecule has 3 rings (SSSR count). The van der Waals surface area contributed by atoms with Gasteiger partial charge in [-0.15, -0.1) is 23.7 Å². The summed E-state index contributed by atoms with van der Waals surface area (Å²) in [5.74, 6) is 0.0979. The minimum atomic E-state index is 0. The molecule has 0 atom stereocenters. The summed E-state index contributed by atoms with van der Waals surface area (Å²) in [6, 6.07) is 2.14. The van der Waals surface area contributed by atoms with E-state index in [4.69, 9.17) is 4.74 Å². The van der Waals surface area contributed by atoms with Gasteiger partial charge in [0.25, 0.3) is 5.91 Å². The Morgan fingerprint density at radius 2 is 1.96 bits per heavy atom. The Morgan fingerprint density at radius 3 is 2.68 bits per heavy atom. The average Bonchev–Trinajstić information content (AvgIpc) is 2.96. The van der Waals surface area contributed by atoms with Gasteiger partial charge in [0.1, 0.15) is 0 Å². The highest BCUT2D eigenvalue weighted by Crippen LogP contribution is 2.30. The van der Waals surface area contributed by atoms with Gasteiger partial charge in [-0.3, -0.25) is 4.79 Å². The molecule has 142 valence electrons. The fourth-order valence-electron chi connectivity index (χ4n) is 3.95. The Balaban J connectivity index is 0.00000225. The first-order valence-corrected chi connectivity index (χ1v) is 10.1. The summed E-state index contributed by atoms with van der Waals surface area (Å²) in [4.78, 5) is 15.0. The minimum absolute atomic E-state index is 0. The van der Waals surface area contributed by atoms with E-state index in [9.17, 15) is 4.79 Å². The van der Waals surface area contributed by atoms with E-state index in [-0.39, 0.29) is 23.7 Å². The van der Waals surface area contributed by atoms with Crippen LogP contribution in [-0.4, -0.2) is 39.3 Å². The van der Waals surface area contributed by atoms with Crippen molar-refractivity contribution in [3.8, 4) is 0 Å². The lowest BCUT2D eigenvalue weighted by atomic mass is 9.79. The van der Waals surface area contributed by atoms with Gasteiger partial charge in [-0.1, -0.05) is 12.8 Å². The highest BCUT2D eigenvalue weighted by atomic mass is 35.5. The van der Waals surface area contributed by atoms with Crippen molar-refractivity contribution in [2.75, 3.05) is 33.4 Å². The first-order valence-electron chi connectivity index (χ1n) is 9.32. The van der Waals surface area contributed by atoms with Gasteiger partial charge in [0.05, 0.1) is 11.5 Å². The number of aryl methyl sites for hydroxylation is 2. The van der Waals surface area contributed by atoms with Crippen molar-refractivity contribution >= 4 is 29.7 Å². The van der Waals surface area contributed by atoms with Gasteiger partial charge in [0, 0.05) is 23.9 Å². The van der Waals surface area contributed by atoms with Gasteiger partial charge in [0.2, 0.25) is 0 Å². The van der Waals surface area contributed by atoms with E-state index in [0.29, 0.717) is 6.54 Å². The number of hydrogen-bond donors (Lipinski definition) is 2. The van der Waals surface area contributed by atoms with E-state index < -0.39 is 0 Å². The smallest absolute Gasteiger partial charge is 0.261 e. The molecule has 0 aromatic carbocycles. The molecule has 2 heterocycles. The summed E-state index contributed by atoms with van der Waals surface area (Å²) >= 11 is 1.71. The second-order valence-electron chi connectivity index (χ2n) is 7.34. The number of amides is 1. The zero-order valence-electron chi connectivity index (χ0n) is 15.2. The van der Waals surface area contributed by atoms with E-state index in [1.165, 1.54) is 36.1 Å². The predicted octanol–water partition coefficient (Wildman–Crippen LogP) is 3.57. The molecule has 1 aliphatic carbocycles. The number of carbonyl (C=O) groups excluding carboxylic acids is 1. The van der Waals surface area contributed by atoms with E-state index in [2.05, 4.69) is 16.7 Å². The summed E-state index contributed by atoms with van der Waals surface area (Å²) in [5, 5.41) is 6.59. The summed E-state index contributed by atoms with van der Waals surface area (Å²) < 4.78 is 5.44. The van der Waals surface area contributed by atoms with Crippen molar-refractivity contribution in [1.82, 2.24) is 10.6 Å². The van der Waals surface area contributed by atoms with Crippen LogP contribution in [0.25, 0.3) is 0 Å². The monoisotopic (exact) mass is 386 g/mol. The Bertz CT molecular complexity index is 525. The van der Waals surface area contributed by atoms with Gasteiger partial charge < -0.3 is 15.4 Å². The Labute approximate surface area is 161 Å². The van der Waals surface area contributed by atoms with Crippen LogP contribution < -0.4 is 10.6 Å². The maximum atomic E-state index is 12.7. The molecule has 6 heteroatoms. The van der Waals surface area contributed by atoms with Crippen LogP contribution in [-0.2, 0) is 17.6 Å². The zero-order chi connectivity index (χ0) is 16.8. The van der Waals surface area contributed by atoms with Crippen molar-refractivity contribution in [1.29, 1.82) is 0 Å². The van der Waals surface area contributed by atoms with E-state index >= 15 is 0 Å². The molecule has 1 fully saturated rings. The third kappa shape index (κ3) is 5.43. The SMILES string of the molecule is COCC1(CNC(=O)c2cc3c(s2)CCCCCC3)CCNCC1.Cl. The minimum Gasteiger partial charge on any atom is -0.384 e. The number of carbonyl (C=O) groups is 1. The number of methoxy groups -OCH3 is 1. The van der Waals surface area contributed by atoms with E-state index in [1.54, 1.807) is 18.4 Å². The summed E-state index contributed by atoms with van der Waals surface area (Å²) in [5.41, 5.74) is 1.50. The number of thiophene rings is 1. The van der Waals surface area contributed by atoms with Crippen LogP contribution in [0.1, 0.15) is 58.6 Å². The molecule has 4 nitrogen and oxygen atoms in total. The molecule has 1 aromatic heterocycles. The zero-order valence-corrected chi connectivity index (χ0v) is 16.8. The lowest BCUT2D eigenvalue weighted by molar-refractivity contribution is 0.0512. The van der Waals surface area contributed by atoms with Gasteiger partial charge in [-0.2, -0.15) is 0 Å². The van der Waals surface area contributed by atoms with Crippen molar-refractivity contribution in [2.24, 2.45) is 5.41 Å². The lowest BCUT2D eigenvalue weighted by Gasteiger charge is -2.37. The number of piperidine rings is 1. The molecule has 0 radical (unpaired) electrons. The van der Waals surface area contributed by atoms with Crippen LogP contribution in [0.2, 0.25) is 0 Å². The molecule has 1 aromatic rings. The third-order valence-electron chi connectivity index (χ3n) is 5.46. The second kappa shape index (κ2) is 9.91. The van der Waals surface area contributed by atoms with Crippen LogP contribution in [0.3, 0.4) is 0 Å². The van der Waals surface area contributed by atoms with Crippen LogP contribution in [0.4, 0.5) is 0 Å². The van der Waals surface area contributed by atoms with Crippen molar-refractivity contribution < 1.29 is 9.53 Å². The van der Waals surface area contributed by atoms with Gasteiger partial charge >= 0.3 is 0 Å². The molecule has 2 N–H and O–H groups in total. The standard InChI is InChI=1S/C19H30N2O2S.ClH/c1-23-14-19(8-10-20-11-9-19)13-21-18(22)17-12-15-6-4-2-3-5-7-16(15)24-17;/h12,20H,2-11,13-14H2,1H3,(H,21,22);1H. The lowest BCUT2D eigenvalue weighted by Crippen LogP contribution is -2.47. The van der Waals surface area contributed by atoms with Gasteiger partial charge in [-0.05, 0) is 63.2 Å². The topological polar surface area (TPSA) is 50.4 Å². The Kier molecular flexibility index (Phi) is 8.20. The summed E-state index contributed by atoms with van der Waals surface area (Å²) in [7, 11) is 1.75. The molecule has 1 amide bonds. The maximum absolute atomic E-state index is 12.7. The number of halogens is 1. The highest BCUT2D eigenvalue weighted by molar-refractivity contribution is 7.14. The van der Waals surface area contributed by atoms with Crippen LogP contribution in [0, 0.1) is 5.41 Å². The van der Waals surface area contributed by atoms with E-state index in [1.807, 2.05) is 0 Å². The van der Waals surface area contributed by atoms with E-state index in [0.717, 1.165) is 50.3 Å². The molecular weight excluding hydrogens is 356 g/mol. The number of hydrogen-bond acceptors (Lipinski definition) is 4. The average molecular weight is 387 g/mol. The Hall–Kier alpha value is -0.620. The molecule has 0 unspecified atom stereocenters. The molecule has 25 heavy (non-hydrogen) atoms. The Morgan fingerprint density at radius 1 is 1.24 bits per heavy atom. The number of fused-ring (bicyclic) bond motifs is 1. The number of rotatable bonds is 5. The highest BCUT2D eigenvalue weighted by Gasteiger charge is 2.32. The normalized spacial score (nSPS) is 19.9. The first kappa shape index (κ1) is 20.7. The number of nitrogens with one attached hydrogen (secondary N) is 2. The van der Waals surface area contributed by atoms with Crippen molar-refractivity contribution in [3.63, 3.8) is 0 Å². The molecule has 2 aliphatic rings. The first-order chi connectivity index (χ1) is 11.7. The van der Waals surface area contributed by atoms with Crippen molar-refractivity contribution in [2.45, 2.75) is 51.4 Å². The molecule has 1 aliphatic heterocycles. The molecule has 1 saturated heterocycles. The predicted molar refractivity (Wildman–Crippen MR) is 106 cm³/mol. The molecule has 0 bridgehead atoms. The summed E-state index contributed by atoms with van der Waals surface area (Å²) in [6.07, 6.45) is 9.57. The maximum Gasteiger partial charge on any atom is 0.261 e. The van der Waals surface area contributed by atoms with Gasteiger partial charge in [-0.25, -0.2) is 0 Å². The molecule has 0 saturated carbocycles. The fourth-order valence-corrected chi connectivity index (χ4v) is 5.12. The number of ether oxygens (including phenoxy) is 1. The van der Waals surface area contributed by atoms with Crippen molar-refractivity contribution in [3.05, 3.63) is 21.4 Å². The third-order valence-corrected chi connectivity index (χ3v) is 6.69. The largest absolute Gasteiger partial charge is 0.384 e.